The summed E-state index contributed by atoms with van der Waals surface area (Å²) in [5.74, 6) is 0.0507. The van der Waals surface area contributed by atoms with Crippen LogP contribution in [0.4, 0.5) is 11.4 Å². The lowest BCUT2D eigenvalue weighted by atomic mass is 10.2. The van der Waals surface area contributed by atoms with E-state index in [2.05, 4.69) is 5.32 Å². The van der Waals surface area contributed by atoms with Gasteiger partial charge in [0.1, 0.15) is 5.75 Å². The number of amides is 2. The molecule has 1 fully saturated rings. The second kappa shape index (κ2) is 10.6. The van der Waals surface area contributed by atoms with E-state index in [-0.39, 0.29) is 18.4 Å². The summed E-state index contributed by atoms with van der Waals surface area (Å²) in [7, 11) is 0. The number of rotatable bonds is 6. The largest absolute Gasteiger partial charge is 0.484 e. The van der Waals surface area contributed by atoms with Gasteiger partial charge >= 0.3 is 0 Å². The van der Waals surface area contributed by atoms with Crippen molar-refractivity contribution in [3.63, 3.8) is 0 Å². The zero-order valence-electron chi connectivity index (χ0n) is 17.9. The highest BCUT2D eigenvalue weighted by molar-refractivity contribution is 8.27. The fourth-order valence-electron chi connectivity index (χ4n) is 3.17. The Hall–Kier alpha value is -2.84. The SMILES string of the molecule is Cc1c(Cl)cccc1NC(=O)COc1ccc(/C=C2\SC(=S)N(c3ccc(Cl)cc3)C2=O)cc1. The normalized spacial score (nSPS) is 14.6. The van der Waals surface area contributed by atoms with Gasteiger partial charge in [0.2, 0.25) is 0 Å². The van der Waals surface area contributed by atoms with E-state index in [1.807, 2.05) is 19.1 Å². The van der Waals surface area contributed by atoms with E-state index in [0.29, 0.717) is 36.4 Å². The van der Waals surface area contributed by atoms with E-state index >= 15 is 0 Å². The molecule has 0 aromatic heterocycles. The quantitative estimate of drug-likeness (QED) is 0.284. The van der Waals surface area contributed by atoms with Gasteiger partial charge in [0.05, 0.1) is 10.6 Å². The number of carbonyl (C=O) groups excluding carboxylic acids is 2. The first-order chi connectivity index (χ1) is 16.3. The summed E-state index contributed by atoms with van der Waals surface area (Å²) in [4.78, 5) is 27.1. The summed E-state index contributed by atoms with van der Waals surface area (Å²) in [5, 5.41) is 3.96. The molecule has 0 saturated carbocycles. The second-order valence-corrected chi connectivity index (χ2v) is 9.83. The van der Waals surface area contributed by atoms with Gasteiger partial charge in [-0.2, -0.15) is 0 Å². The topological polar surface area (TPSA) is 58.6 Å². The zero-order chi connectivity index (χ0) is 24.2. The van der Waals surface area contributed by atoms with Gasteiger partial charge in [0.15, 0.2) is 10.9 Å². The van der Waals surface area contributed by atoms with E-state index in [1.54, 1.807) is 60.7 Å². The Morgan fingerprint density at radius 2 is 1.79 bits per heavy atom. The molecule has 0 spiro atoms. The van der Waals surface area contributed by atoms with Crippen LogP contribution in [0, 0.1) is 6.92 Å². The van der Waals surface area contributed by atoms with E-state index in [1.165, 1.54) is 16.7 Å². The number of nitrogens with zero attached hydrogens (tertiary/aromatic N) is 1. The molecule has 1 saturated heterocycles. The Bertz CT molecular complexity index is 1290. The minimum Gasteiger partial charge on any atom is -0.484 e. The summed E-state index contributed by atoms with van der Waals surface area (Å²) in [6, 6.07) is 19.4. The highest BCUT2D eigenvalue weighted by Crippen LogP contribution is 2.36. The Labute approximate surface area is 216 Å². The summed E-state index contributed by atoms with van der Waals surface area (Å²) < 4.78 is 6.04. The lowest BCUT2D eigenvalue weighted by Crippen LogP contribution is -2.27. The van der Waals surface area contributed by atoms with Crippen LogP contribution in [0.5, 0.6) is 5.75 Å². The van der Waals surface area contributed by atoms with Crippen LogP contribution in [0.2, 0.25) is 10.0 Å². The zero-order valence-corrected chi connectivity index (χ0v) is 21.0. The third kappa shape index (κ3) is 5.62. The van der Waals surface area contributed by atoms with Crippen LogP contribution < -0.4 is 15.0 Å². The molecule has 1 aliphatic heterocycles. The molecule has 1 aliphatic rings. The number of nitrogens with one attached hydrogen (secondary N) is 1. The molecule has 1 heterocycles. The first kappa shape index (κ1) is 24.3. The molecule has 3 aromatic rings. The van der Waals surface area contributed by atoms with Crippen LogP contribution in [-0.2, 0) is 9.59 Å². The maximum atomic E-state index is 12.9. The minimum atomic E-state index is -0.291. The van der Waals surface area contributed by atoms with Crippen molar-refractivity contribution in [2.45, 2.75) is 6.92 Å². The Morgan fingerprint density at radius 3 is 2.50 bits per heavy atom. The number of anilines is 2. The Balaban J connectivity index is 1.37. The molecule has 2 amide bonds. The number of halogens is 2. The molecule has 34 heavy (non-hydrogen) atoms. The number of hydrogen-bond acceptors (Lipinski definition) is 5. The van der Waals surface area contributed by atoms with Crippen molar-refractivity contribution in [1.82, 2.24) is 0 Å². The maximum absolute atomic E-state index is 12.9. The van der Waals surface area contributed by atoms with Crippen LogP contribution in [0.25, 0.3) is 6.08 Å². The fourth-order valence-corrected chi connectivity index (χ4v) is 4.77. The summed E-state index contributed by atoms with van der Waals surface area (Å²) in [5.41, 5.74) is 2.92. The number of hydrogen-bond donors (Lipinski definition) is 1. The monoisotopic (exact) mass is 528 g/mol. The van der Waals surface area contributed by atoms with Gasteiger partial charge in [0, 0.05) is 15.7 Å². The molecule has 1 N–H and O–H groups in total. The number of carbonyl (C=O) groups is 2. The predicted octanol–water partition coefficient (Wildman–Crippen LogP) is 6.73. The van der Waals surface area contributed by atoms with Gasteiger partial charge in [0.25, 0.3) is 11.8 Å². The molecule has 9 heteroatoms. The Kier molecular flexibility index (Phi) is 7.58. The van der Waals surface area contributed by atoms with Crippen molar-refractivity contribution in [3.8, 4) is 5.75 Å². The van der Waals surface area contributed by atoms with Crippen LogP contribution in [0.3, 0.4) is 0 Å². The molecule has 5 nitrogen and oxygen atoms in total. The summed E-state index contributed by atoms with van der Waals surface area (Å²) in [6.07, 6.45) is 1.77. The van der Waals surface area contributed by atoms with E-state index in [4.69, 9.17) is 40.2 Å². The van der Waals surface area contributed by atoms with E-state index in [9.17, 15) is 9.59 Å². The van der Waals surface area contributed by atoms with Gasteiger partial charge in [-0.25, -0.2) is 0 Å². The fraction of sp³-hybridized carbons (Fsp3) is 0.0800. The first-order valence-electron chi connectivity index (χ1n) is 10.1. The number of ether oxygens (including phenoxy) is 1. The highest BCUT2D eigenvalue weighted by Gasteiger charge is 2.33. The highest BCUT2D eigenvalue weighted by atomic mass is 35.5. The van der Waals surface area contributed by atoms with Crippen molar-refractivity contribution in [2.24, 2.45) is 0 Å². The molecule has 172 valence electrons. The van der Waals surface area contributed by atoms with Crippen molar-refractivity contribution >= 4 is 80.8 Å². The summed E-state index contributed by atoms with van der Waals surface area (Å²) in [6.45, 7) is 1.69. The predicted molar refractivity (Wildman–Crippen MR) is 144 cm³/mol. The standard InChI is InChI=1S/C25H18Cl2N2O3S2/c1-15-20(27)3-2-4-21(15)28-23(30)14-32-19-11-5-16(6-12-19)13-22-24(31)29(25(33)34-22)18-9-7-17(26)8-10-18/h2-13H,14H2,1H3,(H,28,30)/b22-13-. The van der Waals surface area contributed by atoms with Crippen LogP contribution in [0.15, 0.2) is 71.6 Å². The molecular weight excluding hydrogens is 511 g/mol. The molecule has 0 unspecified atom stereocenters. The molecule has 0 aliphatic carbocycles. The average Bonchev–Trinajstić information content (AvgIpc) is 3.10. The van der Waals surface area contributed by atoms with Gasteiger partial charge in [-0.1, -0.05) is 65.4 Å². The van der Waals surface area contributed by atoms with Gasteiger partial charge in [-0.05, 0) is 72.7 Å². The lowest BCUT2D eigenvalue weighted by molar-refractivity contribution is -0.118. The number of benzene rings is 3. The van der Waals surface area contributed by atoms with Crippen molar-refractivity contribution in [3.05, 3.63) is 92.8 Å². The van der Waals surface area contributed by atoms with Crippen LogP contribution in [0.1, 0.15) is 11.1 Å². The number of thioether (sulfide) groups is 1. The van der Waals surface area contributed by atoms with E-state index in [0.717, 1.165) is 11.1 Å². The Morgan fingerprint density at radius 1 is 1.09 bits per heavy atom. The number of thiocarbonyl (C=S) groups is 1. The third-order valence-corrected chi connectivity index (χ3v) is 6.93. The van der Waals surface area contributed by atoms with Crippen LogP contribution in [-0.4, -0.2) is 22.7 Å². The van der Waals surface area contributed by atoms with Gasteiger partial charge in [-0.3, -0.25) is 14.5 Å². The molecule has 0 atom stereocenters. The average molecular weight is 529 g/mol. The van der Waals surface area contributed by atoms with E-state index < -0.39 is 0 Å². The van der Waals surface area contributed by atoms with Gasteiger partial charge in [-0.15, -0.1) is 0 Å². The molecule has 4 rings (SSSR count). The lowest BCUT2D eigenvalue weighted by Gasteiger charge is -2.14. The molecule has 0 bridgehead atoms. The molecule has 0 radical (unpaired) electrons. The van der Waals surface area contributed by atoms with Crippen LogP contribution >= 0.6 is 47.2 Å². The van der Waals surface area contributed by atoms with Crippen molar-refractivity contribution in [1.29, 1.82) is 0 Å². The first-order valence-corrected chi connectivity index (χ1v) is 12.1. The minimum absolute atomic E-state index is 0.148. The maximum Gasteiger partial charge on any atom is 0.270 e. The smallest absolute Gasteiger partial charge is 0.270 e. The van der Waals surface area contributed by atoms with Crippen molar-refractivity contribution in [2.75, 3.05) is 16.8 Å². The second-order valence-electron chi connectivity index (χ2n) is 7.31. The van der Waals surface area contributed by atoms with Crippen molar-refractivity contribution < 1.29 is 14.3 Å². The third-order valence-electron chi connectivity index (χ3n) is 4.97. The van der Waals surface area contributed by atoms with Gasteiger partial charge < -0.3 is 10.1 Å². The summed E-state index contributed by atoms with van der Waals surface area (Å²) >= 11 is 18.7. The molecule has 3 aromatic carbocycles. The molecular formula is C25H18Cl2N2O3S2.